The lowest BCUT2D eigenvalue weighted by Gasteiger charge is -2.01. The van der Waals surface area contributed by atoms with E-state index in [9.17, 15) is 0 Å². The summed E-state index contributed by atoms with van der Waals surface area (Å²) in [6.07, 6.45) is 4.91. The minimum atomic E-state index is 0.637. The second-order valence-electron chi connectivity index (χ2n) is 1.75. The summed E-state index contributed by atoms with van der Waals surface area (Å²) in [4.78, 5) is 4.02. The fourth-order valence-corrected chi connectivity index (χ4v) is 0.648. The molecule has 0 amide bonds. The summed E-state index contributed by atoms with van der Waals surface area (Å²) in [5, 5.41) is 0. The molecule has 0 atom stereocenters. The molecule has 0 bridgehead atoms. The van der Waals surface area contributed by atoms with Crippen LogP contribution in [0.4, 0.5) is 0 Å². The first-order chi connectivity index (χ1) is 6.29. The van der Waals surface area contributed by atoms with E-state index in [4.69, 9.17) is 4.74 Å². The summed E-state index contributed by atoms with van der Waals surface area (Å²) in [5.41, 5.74) is 0.699. The SMILES string of the molecule is C=C/C(N=CC)=C(\C=C)OC.CC. The summed E-state index contributed by atoms with van der Waals surface area (Å²) in [6, 6.07) is 0. The molecule has 0 unspecified atom stereocenters. The molecule has 2 heteroatoms. The zero-order valence-corrected chi connectivity index (χ0v) is 9.00. The number of nitrogens with zero attached hydrogens (tertiary/aromatic N) is 1. The highest BCUT2D eigenvalue weighted by Gasteiger charge is 1.95. The molecular weight excluding hydrogens is 162 g/mol. The van der Waals surface area contributed by atoms with Crippen molar-refractivity contribution < 1.29 is 4.74 Å². The minimum absolute atomic E-state index is 0.637. The van der Waals surface area contributed by atoms with E-state index < -0.39 is 0 Å². The van der Waals surface area contributed by atoms with Crippen LogP contribution in [0.5, 0.6) is 0 Å². The maximum Gasteiger partial charge on any atom is 0.143 e. The highest BCUT2D eigenvalue weighted by Crippen LogP contribution is 2.08. The zero-order chi connectivity index (χ0) is 10.7. The molecule has 0 fully saturated rings. The quantitative estimate of drug-likeness (QED) is 0.370. The van der Waals surface area contributed by atoms with E-state index in [1.54, 1.807) is 25.5 Å². The Balaban J connectivity index is 0. The largest absolute Gasteiger partial charge is 0.495 e. The van der Waals surface area contributed by atoms with E-state index in [0.29, 0.717) is 11.5 Å². The van der Waals surface area contributed by atoms with Crippen molar-refractivity contribution >= 4 is 6.21 Å². The van der Waals surface area contributed by atoms with Crippen LogP contribution in [0.15, 0.2) is 41.8 Å². The molecule has 0 radical (unpaired) electrons. The Labute approximate surface area is 81.3 Å². The van der Waals surface area contributed by atoms with Crippen molar-refractivity contribution in [2.24, 2.45) is 4.99 Å². The van der Waals surface area contributed by atoms with E-state index >= 15 is 0 Å². The molecule has 0 aliphatic rings. The summed E-state index contributed by atoms with van der Waals surface area (Å²) < 4.78 is 4.98. The number of hydrogen-bond donors (Lipinski definition) is 0. The number of hydrogen-bond acceptors (Lipinski definition) is 2. The number of aliphatic imine (C=N–C) groups is 1. The third kappa shape index (κ3) is 5.91. The second kappa shape index (κ2) is 10.7. The first kappa shape index (κ1) is 14.2. The maximum absolute atomic E-state index is 4.98. The van der Waals surface area contributed by atoms with Crippen molar-refractivity contribution in [1.29, 1.82) is 0 Å². The predicted molar refractivity (Wildman–Crippen MR) is 59.9 cm³/mol. The van der Waals surface area contributed by atoms with E-state index in [1.165, 1.54) is 0 Å². The van der Waals surface area contributed by atoms with Crippen LogP contribution >= 0.6 is 0 Å². The molecule has 0 N–H and O–H groups in total. The van der Waals surface area contributed by atoms with Gasteiger partial charge in [0.25, 0.3) is 0 Å². The first-order valence-corrected chi connectivity index (χ1v) is 4.32. The van der Waals surface area contributed by atoms with Gasteiger partial charge in [-0.25, -0.2) is 0 Å². The van der Waals surface area contributed by atoms with Gasteiger partial charge in [0.2, 0.25) is 0 Å². The Morgan fingerprint density at radius 2 is 1.77 bits per heavy atom. The van der Waals surface area contributed by atoms with Gasteiger partial charge in [0, 0.05) is 6.21 Å². The molecule has 0 aromatic carbocycles. The molecule has 0 aliphatic carbocycles. The molecule has 0 saturated heterocycles. The molecule has 0 rings (SSSR count). The molecule has 0 aromatic rings. The van der Waals surface area contributed by atoms with Crippen molar-refractivity contribution in [2.45, 2.75) is 20.8 Å². The lowest BCUT2D eigenvalue weighted by molar-refractivity contribution is 0.303. The zero-order valence-electron chi connectivity index (χ0n) is 9.00. The van der Waals surface area contributed by atoms with Crippen molar-refractivity contribution in [1.82, 2.24) is 0 Å². The minimum Gasteiger partial charge on any atom is -0.495 e. The lowest BCUT2D eigenvalue weighted by Crippen LogP contribution is -1.86. The number of rotatable bonds is 4. The molecule has 0 heterocycles. The van der Waals surface area contributed by atoms with Crippen LogP contribution in [0.1, 0.15) is 20.8 Å². The van der Waals surface area contributed by atoms with E-state index in [-0.39, 0.29) is 0 Å². The van der Waals surface area contributed by atoms with Gasteiger partial charge in [-0.3, -0.25) is 4.99 Å². The van der Waals surface area contributed by atoms with Crippen LogP contribution < -0.4 is 0 Å². The third-order valence-electron chi connectivity index (χ3n) is 1.12. The van der Waals surface area contributed by atoms with Gasteiger partial charge in [-0.2, -0.15) is 0 Å². The van der Waals surface area contributed by atoms with Crippen LogP contribution in [-0.4, -0.2) is 13.3 Å². The molecule has 2 nitrogen and oxygen atoms in total. The highest BCUT2D eigenvalue weighted by molar-refractivity contribution is 5.56. The van der Waals surface area contributed by atoms with Gasteiger partial charge in [-0.05, 0) is 19.1 Å². The van der Waals surface area contributed by atoms with E-state index in [2.05, 4.69) is 18.2 Å². The number of ether oxygens (including phenoxy) is 1. The van der Waals surface area contributed by atoms with Crippen molar-refractivity contribution in [3.8, 4) is 0 Å². The van der Waals surface area contributed by atoms with Crippen LogP contribution in [0.3, 0.4) is 0 Å². The second-order valence-corrected chi connectivity index (χ2v) is 1.75. The van der Waals surface area contributed by atoms with Gasteiger partial charge in [0.05, 0.1) is 7.11 Å². The molecule has 0 spiro atoms. The summed E-state index contributed by atoms with van der Waals surface area (Å²) >= 11 is 0. The van der Waals surface area contributed by atoms with Crippen molar-refractivity contribution in [3.63, 3.8) is 0 Å². The molecule has 74 valence electrons. The first-order valence-electron chi connectivity index (χ1n) is 4.32. The Bertz CT molecular complexity index is 202. The Morgan fingerprint density at radius 3 is 2.00 bits per heavy atom. The average molecular weight is 181 g/mol. The Kier molecular flexibility index (Phi) is 11.7. The van der Waals surface area contributed by atoms with Crippen LogP contribution in [0.2, 0.25) is 0 Å². The molecule has 0 aliphatic heterocycles. The van der Waals surface area contributed by atoms with Crippen molar-refractivity contribution in [2.75, 3.05) is 7.11 Å². The van der Waals surface area contributed by atoms with Gasteiger partial charge >= 0.3 is 0 Å². The monoisotopic (exact) mass is 181 g/mol. The lowest BCUT2D eigenvalue weighted by atomic mass is 10.3. The van der Waals surface area contributed by atoms with Gasteiger partial charge in [-0.15, -0.1) is 0 Å². The van der Waals surface area contributed by atoms with Crippen LogP contribution in [-0.2, 0) is 4.74 Å². The van der Waals surface area contributed by atoms with Crippen LogP contribution in [0, 0.1) is 0 Å². The molecule has 13 heavy (non-hydrogen) atoms. The number of methoxy groups -OCH3 is 1. The van der Waals surface area contributed by atoms with Gasteiger partial charge in [0.1, 0.15) is 11.5 Å². The van der Waals surface area contributed by atoms with Crippen molar-refractivity contribution in [3.05, 3.63) is 36.8 Å². The van der Waals surface area contributed by atoms with E-state index in [0.717, 1.165) is 0 Å². The normalized spacial score (nSPS) is 11.1. The summed E-state index contributed by atoms with van der Waals surface area (Å²) in [7, 11) is 1.58. The van der Waals surface area contributed by atoms with Gasteiger partial charge in [-0.1, -0.05) is 27.0 Å². The van der Waals surface area contributed by atoms with Crippen LogP contribution in [0.25, 0.3) is 0 Å². The number of allylic oxidation sites excluding steroid dienone is 2. The standard InChI is InChI=1S/C9H13NO.C2H6/c1-5-8(10-7-3)9(6-2)11-4;1-2/h5-7H,1-2H2,3-4H3;1-2H3/b9-8-,10-7?;. The van der Waals surface area contributed by atoms with E-state index in [1.807, 2.05) is 20.8 Å². The third-order valence-corrected chi connectivity index (χ3v) is 1.12. The summed E-state index contributed by atoms with van der Waals surface area (Å²) in [5.74, 6) is 0.637. The van der Waals surface area contributed by atoms with Gasteiger partial charge in [0.15, 0.2) is 0 Å². The Morgan fingerprint density at radius 1 is 1.23 bits per heavy atom. The van der Waals surface area contributed by atoms with Gasteiger partial charge < -0.3 is 4.74 Å². The highest BCUT2D eigenvalue weighted by atomic mass is 16.5. The predicted octanol–water partition coefficient (Wildman–Crippen LogP) is 3.33. The summed E-state index contributed by atoms with van der Waals surface area (Å²) in [6.45, 7) is 13.0. The smallest absolute Gasteiger partial charge is 0.143 e. The maximum atomic E-state index is 4.98. The molecular formula is C11H19NO. The topological polar surface area (TPSA) is 21.6 Å². The average Bonchev–Trinajstić information content (AvgIpc) is 2.21. The fourth-order valence-electron chi connectivity index (χ4n) is 0.648. The Hall–Kier alpha value is -1.31. The molecule has 0 aromatic heterocycles. The molecule has 0 saturated carbocycles. The fraction of sp³-hybridized carbons (Fsp3) is 0.364.